The topological polar surface area (TPSA) is 80.2 Å². The summed E-state index contributed by atoms with van der Waals surface area (Å²) in [5.74, 6) is 2.52. The Kier molecular flexibility index (Phi) is 6.22. The molecule has 9 nitrogen and oxygen atoms in total. The second-order valence-corrected chi connectivity index (χ2v) is 11.4. The molecule has 1 radical (unpaired) electrons. The number of carbonyl (C=O) groups is 1. The van der Waals surface area contributed by atoms with Gasteiger partial charge in [-0.3, -0.25) is 14.2 Å². The second kappa shape index (κ2) is 9.93. The molecule has 1 aromatic carbocycles. The highest BCUT2D eigenvalue weighted by atomic mass is 16.5. The second-order valence-electron chi connectivity index (χ2n) is 11.4. The number of benzene rings is 1. The fourth-order valence-electron chi connectivity index (χ4n) is 6.60. The summed E-state index contributed by atoms with van der Waals surface area (Å²) in [5.41, 5.74) is 6.27. The number of anilines is 1. The van der Waals surface area contributed by atoms with Gasteiger partial charge in [-0.25, -0.2) is 4.68 Å². The van der Waals surface area contributed by atoms with E-state index in [4.69, 9.17) is 4.74 Å². The number of morpholine rings is 1. The van der Waals surface area contributed by atoms with Gasteiger partial charge >= 0.3 is 7.55 Å². The van der Waals surface area contributed by atoms with Crippen LogP contribution in [0.1, 0.15) is 69.3 Å². The predicted octanol–water partition coefficient (Wildman–Crippen LogP) is 3.93. The van der Waals surface area contributed by atoms with Gasteiger partial charge in [0.15, 0.2) is 0 Å². The van der Waals surface area contributed by atoms with Gasteiger partial charge < -0.3 is 14.5 Å². The maximum atomic E-state index is 11.6. The minimum atomic E-state index is -0.0801. The van der Waals surface area contributed by atoms with E-state index in [1.807, 2.05) is 16.8 Å². The highest BCUT2D eigenvalue weighted by molar-refractivity contribution is 6.40. The molecule has 7 rings (SSSR count). The van der Waals surface area contributed by atoms with E-state index in [1.54, 1.807) is 0 Å². The molecule has 203 valence electrons. The summed E-state index contributed by atoms with van der Waals surface area (Å²) in [6.07, 6.45) is 11.7. The molecule has 40 heavy (non-hydrogen) atoms. The summed E-state index contributed by atoms with van der Waals surface area (Å²) in [6.45, 7) is 7.46. The number of nitrogens with zero attached hydrogens (tertiary/aromatic N) is 6. The normalized spacial score (nSPS) is 22.5. The molecule has 3 aliphatic heterocycles. The first-order chi connectivity index (χ1) is 19.4. The summed E-state index contributed by atoms with van der Waals surface area (Å²) in [5, 5.41) is 12.0. The number of fused-ring (bicyclic) bond motifs is 2. The van der Waals surface area contributed by atoms with Crippen LogP contribution in [0.2, 0.25) is 0 Å². The third-order valence-electron chi connectivity index (χ3n) is 8.29. The Morgan fingerprint density at radius 1 is 1.05 bits per heavy atom. The molecule has 0 bridgehead atoms. The van der Waals surface area contributed by atoms with Crippen LogP contribution in [0.15, 0.2) is 60.4 Å². The Labute approximate surface area is 235 Å². The van der Waals surface area contributed by atoms with E-state index in [0.717, 1.165) is 58.7 Å². The van der Waals surface area contributed by atoms with Crippen molar-refractivity contribution in [2.24, 2.45) is 0 Å². The number of allylic oxidation sites excluding steroid dienone is 1. The molecule has 1 saturated heterocycles. The van der Waals surface area contributed by atoms with E-state index in [9.17, 15) is 4.79 Å². The Bertz CT molecular complexity index is 1550. The molecule has 2 unspecified atom stereocenters. The molecule has 5 heterocycles. The number of amidine groups is 1. The third kappa shape index (κ3) is 4.40. The number of hydrogen-bond acceptors (Lipinski definition) is 4. The molecule has 3 aromatic rings. The Balaban J connectivity index is 1.33. The standard InChI is InChI=1S/C30H33BN7O2/c1-19-16-35(17-20(2)40-19)28-14-12-26-30(23-8-10-24(11-9-23)32-21(3)39)27-13-15-29(38(27)31-37(26)28)36-18-25(33-34-36)22-6-4-5-7-22/h8-15,18-20,22H,4-7,16-17H2,1-3H3/p+1. The van der Waals surface area contributed by atoms with Crippen LogP contribution < -0.4 is 5.32 Å². The first-order valence-electron chi connectivity index (χ1n) is 14.3. The van der Waals surface area contributed by atoms with Gasteiger partial charge in [-0.05, 0) is 62.6 Å². The van der Waals surface area contributed by atoms with Gasteiger partial charge in [0.05, 0.1) is 24.1 Å². The molecule has 1 aliphatic carbocycles. The molecule has 1 amide bonds. The summed E-state index contributed by atoms with van der Waals surface area (Å²) >= 11 is 0. The maximum absolute atomic E-state index is 11.6. The fraction of sp³-hybridized carbons (Fsp3) is 0.400. The van der Waals surface area contributed by atoms with Crippen molar-refractivity contribution in [1.82, 2.24) is 24.3 Å². The van der Waals surface area contributed by atoms with Gasteiger partial charge in [0.1, 0.15) is 24.6 Å². The number of hydrogen-bond donors (Lipinski definition) is 1. The van der Waals surface area contributed by atoms with E-state index in [0.29, 0.717) is 5.92 Å². The highest BCUT2D eigenvalue weighted by Crippen LogP contribution is 2.38. The number of carbonyl (C=O) groups excluding carboxylic acids is 1. The molecule has 1 saturated carbocycles. The summed E-state index contributed by atoms with van der Waals surface area (Å²) in [6, 6.07) is 12.4. The molecule has 1 N–H and O–H groups in total. The smallest absolute Gasteiger partial charge is 0.367 e. The van der Waals surface area contributed by atoms with Crippen molar-refractivity contribution >= 4 is 30.6 Å². The van der Waals surface area contributed by atoms with Gasteiger partial charge in [0.2, 0.25) is 5.91 Å². The number of nitrogens with one attached hydrogen (secondary N) is 1. The molecular weight excluding hydrogens is 501 g/mol. The van der Waals surface area contributed by atoms with Crippen LogP contribution in [0.3, 0.4) is 0 Å². The number of rotatable bonds is 4. The van der Waals surface area contributed by atoms with Gasteiger partial charge in [-0.1, -0.05) is 30.2 Å². The zero-order valence-electron chi connectivity index (χ0n) is 23.2. The van der Waals surface area contributed by atoms with Crippen molar-refractivity contribution in [1.29, 1.82) is 0 Å². The summed E-state index contributed by atoms with van der Waals surface area (Å²) < 4.78 is 12.6. The van der Waals surface area contributed by atoms with Crippen LogP contribution in [0.5, 0.6) is 0 Å². The lowest BCUT2D eigenvalue weighted by Crippen LogP contribution is -2.48. The summed E-state index contributed by atoms with van der Waals surface area (Å²) in [7, 11) is 2.17. The van der Waals surface area contributed by atoms with Gasteiger partial charge in [-0.2, -0.15) is 0 Å². The molecule has 4 aliphatic rings. The van der Waals surface area contributed by atoms with Crippen molar-refractivity contribution in [2.75, 3.05) is 18.4 Å². The molecule has 2 aromatic heterocycles. The molecule has 2 fully saturated rings. The third-order valence-corrected chi connectivity index (χ3v) is 8.29. The van der Waals surface area contributed by atoms with Crippen molar-refractivity contribution in [3.05, 3.63) is 77.4 Å². The first kappa shape index (κ1) is 25.1. The first-order valence-corrected chi connectivity index (χ1v) is 14.3. The predicted molar refractivity (Wildman–Crippen MR) is 154 cm³/mol. The zero-order chi connectivity index (χ0) is 27.4. The minimum absolute atomic E-state index is 0.0801. The van der Waals surface area contributed by atoms with Gasteiger partial charge in [-0.15, -0.1) is 5.10 Å². The van der Waals surface area contributed by atoms with Crippen molar-refractivity contribution < 1.29 is 14.1 Å². The lowest BCUT2D eigenvalue weighted by Gasteiger charge is -2.30. The van der Waals surface area contributed by atoms with E-state index in [1.165, 1.54) is 32.6 Å². The molecule has 2 atom stereocenters. The van der Waals surface area contributed by atoms with Gasteiger partial charge in [0, 0.05) is 35.9 Å². The Hall–Kier alpha value is -3.92. The van der Waals surface area contributed by atoms with E-state index >= 15 is 0 Å². The molecular formula is C30H34BN7O2+. The average Bonchev–Trinajstić information content (AvgIpc) is 3.73. The van der Waals surface area contributed by atoms with Crippen LogP contribution in [-0.2, 0) is 9.53 Å². The maximum Gasteiger partial charge on any atom is 0.553 e. The van der Waals surface area contributed by atoms with Crippen LogP contribution in [-0.4, -0.2) is 73.4 Å². The summed E-state index contributed by atoms with van der Waals surface area (Å²) in [4.78, 5) is 13.9. The lowest BCUT2D eigenvalue weighted by molar-refractivity contribution is -0.568. The van der Waals surface area contributed by atoms with Crippen LogP contribution >= 0.6 is 0 Å². The monoisotopic (exact) mass is 535 g/mol. The largest absolute Gasteiger partial charge is 0.553 e. The van der Waals surface area contributed by atoms with Crippen LogP contribution in [0, 0.1) is 0 Å². The lowest BCUT2D eigenvalue weighted by atomic mass is 9.91. The molecule has 0 spiro atoms. The Morgan fingerprint density at radius 3 is 2.52 bits per heavy atom. The quantitative estimate of drug-likeness (QED) is 0.405. The van der Waals surface area contributed by atoms with Gasteiger partial charge in [0.25, 0.3) is 5.84 Å². The molecule has 10 heteroatoms. The number of amides is 1. The number of ether oxygens (including phenoxy) is 1. The van der Waals surface area contributed by atoms with Crippen molar-refractivity contribution in [2.45, 2.75) is 64.6 Å². The van der Waals surface area contributed by atoms with Crippen molar-refractivity contribution in [3.8, 4) is 5.82 Å². The fourth-order valence-corrected chi connectivity index (χ4v) is 6.60. The minimum Gasteiger partial charge on any atom is -0.367 e. The van der Waals surface area contributed by atoms with Crippen LogP contribution in [0.4, 0.5) is 5.69 Å². The van der Waals surface area contributed by atoms with Crippen LogP contribution in [0.25, 0.3) is 11.4 Å². The van der Waals surface area contributed by atoms with Crippen molar-refractivity contribution in [3.63, 3.8) is 0 Å². The average molecular weight is 535 g/mol. The van der Waals surface area contributed by atoms with E-state index in [-0.39, 0.29) is 18.1 Å². The zero-order valence-corrected chi connectivity index (χ0v) is 23.2. The van der Waals surface area contributed by atoms with E-state index in [2.05, 4.69) is 93.5 Å². The Morgan fingerprint density at radius 2 is 1.80 bits per heavy atom. The van der Waals surface area contributed by atoms with E-state index < -0.39 is 0 Å². The highest BCUT2D eigenvalue weighted by Gasteiger charge is 2.41. The number of aromatic nitrogens is 4. The SMILES string of the molecule is CC(=O)Nc1ccc(C2=C3C=CC(=[N+]4CC(C)OC(C)C4)N3[B]n3c2ccc3-n2cc(C3CCCC3)nn2)cc1.